The Balaban J connectivity index is 2.77. The third-order valence-electron chi connectivity index (χ3n) is 2.73. The van der Waals surface area contributed by atoms with Crippen LogP contribution in [0.1, 0.15) is 39.2 Å². The van der Waals surface area contributed by atoms with Crippen LogP contribution in [0.25, 0.3) is 0 Å². The van der Waals surface area contributed by atoms with Crippen molar-refractivity contribution < 1.29 is 4.74 Å². The Labute approximate surface area is 116 Å². The summed E-state index contributed by atoms with van der Waals surface area (Å²) in [4.78, 5) is 0. The molecule has 1 aromatic carbocycles. The van der Waals surface area contributed by atoms with Crippen molar-refractivity contribution in [3.63, 3.8) is 0 Å². The van der Waals surface area contributed by atoms with Crippen molar-refractivity contribution in [1.29, 1.82) is 0 Å². The lowest BCUT2D eigenvalue weighted by molar-refractivity contribution is 0.313. The summed E-state index contributed by atoms with van der Waals surface area (Å²) >= 11 is 6.07. The number of allylic oxidation sites excluding steroid dienone is 2. The smallest absolute Gasteiger partial charge is 0.122 e. The maximum atomic E-state index is 6.07. The molecule has 0 aliphatic heterocycles. The van der Waals surface area contributed by atoms with Crippen LogP contribution >= 0.6 is 11.6 Å². The van der Waals surface area contributed by atoms with Crippen molar-refractivity contribution >= 4 is 11.6 Å². The minimum Gasteiger partial charge on any atom is -0.493 e. The molecule has 1 nitrogen and oxygen atoms in total. The third-order valence-corrected chi connectivity index (χ3v) is 2.96. The van der Waals surface area contributed by atoms with E-state index in [-0.39, 0.29) is 0 Å². The number of halogens is 1. The maximum Gasteiger partial charge on any atom is 0.122 e. The van der Waals surface area contributed by atoms with Crippen molar-refractivity contribution in [3.05, 3.63) is 40.9 Å². The van der Waals surface area contributed by atoms with Gasteiger partial charge >= 0.3 is 0 Å². The minimum absolute atomic E-state index is 0.507. The summed E-state index contributed by atoms with van der Waals surface area (Å²) < 4.78 is 5.76. The number of ether oxygens (including phenoxy) is 1. The number of hydrogen-bond acceptors (Lipinski definition) is 1. The zero-order chi connectivity index (χ0) is 13.4. The highest BCUT2D eigenvalue weighted by Crippen LogP contribution is 2.26. The van der Waals surface area contributed by atoms with E-state index in [2.05, 4.69) is 32.9 Å². The molecule has 2 heteroatoms. The van der Waals surface area contributed by atoms with E-state index in [0.717, 1.165) is 36.6 Å². The first-order chi connectivity index (χ1) is 8.67. The quantitative estimate of drug-likeness (QED) is 0.611. The molecule has 1 unspecified atom stereocenters. The SMILES string of the molecule is CC/C=C\C(C)Cc1cc(Cl)ccc1OCCC. The minimum atomic E-state index is 0.507. The van der Waals surface area contributed by atoms with Crippen LogP contribution in [-0.2, 0) is 6.42 Å². The highest BCUT2D eigenvalue weighted by Gasteiger charge is 2.07. The number of benzene rings is 1. The van der Waals surface area contributed by atoms with E-state index in [0.29, 0.717) is 5.92 Å². The molecule has 0 N–H and O–H groups in total. The van der Waals surface area contributed by atoms with Crippen LogP contribution in [0.15, 0.2) is 30.4 Å². The molecule has 0 bridgehead atoms. The van der Waals surface area contributed by atoms with Crippen LogP contribution in [0.3, 0.4) is 0 Å². The van der Waals surface area contributed by atoms with Crippen LogP contribution < -0.4 is 4.74 Å². The molecule has 1 atom stereocenters. The van der Waals surface area contributed by atoms with Crippen LogP contribution in [0.4, 0.5) is 0 Å². The first kappa shape index (κ1) is 15.1. The predicted octanol–water partition coefficient (Wildman–Crippen LogP) is 5.27. The predicted molar refractivity (Wildman–Crippen MR) is 79.5 cm³/mol. The summed E-state index contributed by atoms with van der Waals surface area (Å²) in [5.74, 6) is 1.48. The number of hydrogen-bond donors (Lipinski definition) is 0. The molecule has 0 saturated heterocycles. The number of rotatable bonds is 7. The summed E-state index contributed by atoms with van der Waals surface area (Å²) in [6.45, 7) is 7.24. The molecule has 0 radical (unpaired) electrons. The fraction of sp³-hybridized carbons (Fsp3) is 0.500. The Kier molecular flexibility index (Phi) is 6.89. The lowest BCUT2D eigenvalue weighted by Crippen LogP contribution is -2.02. The molecular weight excluding hydrogens is 244 g/mol. The van der Waals surface area contributed by atoms with Crippen molar-refractivity contribution in [2.24, 2.45) is 5.92 Å². The molecule has 0 aliphatic carbocycles. The standard InChI is InChI=1S/C16H23ClO/c1-4-6-7-13(3)11-14-12-15(17)8-9-16(14)18-10-5-2/h6-9,12-13H,4-5,10-11H2,1-3H3/b7-6-. The first-order valence-electron chi connectivity index (χ1n) is 6.75. The lowest BCUT2D eigenvalue weighted by Gasteiger charge is -2.13. The van der Waals surface area contributed by atoms with Gasteiger partial charge in [0, 0.05) is 5.02 Å². The largest absolute Gasteiger partial charge is 0.493 e. The highest BCUT2D eigenvalue weighted by molar-refractivity contribution is 6.30. The van der Waals surface area contributed by atoms with Crippen LogP contribution in [0, 0.1) is 5.92 Å². The van der Waals surface area contributed by atoms with E-state index in [1.807, 2.05) is 18.2 Å². The second-order valence-electron chi connectivity index (χ2n) is 4.62. The Morgan fingerprint density at radius 1 is 1.33 bits per heavy atom. The van der Waals surface area contributed by atoms with Crippen molar-refractivity contribution in [2.75, 3.05) is 6.61 Å². The normalized spacial score (nSPS) is 12.9. The average molecular weight is 267 g/mol. The van der Waals surface area contributed by atoms with Gasteiger partial charge in [-0.2, -0.15) is 0 Å². The molecule has 1 aromatic rings. The molecule has 18 heavy (non-hydrogen) atoms. The van der Waals surface area contributed by atoms with Gasteiger partial charge in [0.2, 0.25) is 0 Å². The van der Waals surface area contributed by atoms with Gasteiger partial charge in [0.15, 0.2) is 0 Å². The van der Waals surface area contributed by atoms with Gasteiger partial charge in [-0.1, -0.05) is 44.5 Å². The monoisotopic (exact) mass is 266 g/mol. The summed E-state index contributed by atoms with van der Waals surface area (Å²) in [7, 11) is 0. The van der Waals surface area contributed by atoms with E-state index < -0.39 is 0 Å². The van der Waals surface area contributed by atoms with Gasteiger partial charge in [-0.15, -0.1) is 0 Å². The van der Waals surface area contributed by atoms with Gasteiger partial charge in [-0.25, -0.2) is 0 Å². The van der Waals surface area contributed by atoms with Crippen LogP contribution in [0.5, 0.6) is 5.75 Å². The van der Waals surface area contributed by atoms with Crippen molar-refractivity contribution in [3.8, 4) is 5.75 Å². The lowest BCUT2D eigenvalue weighted by atomic mass is 9.99. The second kappa shape index (κ2) is 8.20. The van der Waals surface area contributed by atoms with Crippen LogP contribution in [-0.4, -0.2) is 6.61 Å². The van der Waals surface area contributed by atoms with E-state index in [4.69, 9.17) is 16.3 Å². The summed E-state index contributed by atoms with van der Waals surface area (Å²) in [6, 6.07) is 5.88. The zero-order valence-corrected chi connectivity index (χ0v) is 12.3. The Morgan fingerprint density at radius 2 is 2.11 bits per heavy atom. The highest BCUT2D eigenvalue weighted by atomic mass is 35.5. The van der Waals surface area contributed by atoms with Gasteiger partial charge in [-0.05, 0) is 48.9 Å². The molecule has 0 aliphatic rings. The molecule has 0 heterocycles. The molecule has 100 valence electrons. The van der Waals surface area contributed by atoms with E-state index in [1.54, 1.807) is 0 Å². The topological polar surface area (TPSA) is 9.23 Å². The van der Waals surface area contributed by atoms with Crippen molar-refractivity contribution in [1.82, 2.24) is 0 Å². The van der Waals surface area contributed by atoms with E-state index >= 15 is 0 Å². The fourth-order valence-corrected chi connectivity index (χ4v) is 2.04. The average Bonchev–Trinajstić information content (AvgIpc) is 2.35. The second-order valence-corrected chi connectivity index (χ2v) is 5.05. The fourth-order valence-electron chi connectivity index (χ4n) is 1.84. The van der Waals surface area contributed by atoms with Crippen molar-refractivity contribution in [2.45, 2.75) is 40.0 Å². The summed E-state index contributed by atoms with van der Waals surface area (Å²) in [5.41, 5.74) is 1.20. The van der Waals surface area contributed by atoms with Gasteiger partial charge in [0.1, 0.15) is 5.75 Å². The Morgan fingerprint density at radius 3 is 2.78 bits per heavy atom. The summed E-state index contributed by atoms with van der Waals surface area (Å²) in [5, 5.41) is 0.778. The molecule has 0 fully saturated rings. The molecular formula is C16H23ClO. The first-order valence-corrected chi connectivity index (χ1v) is 7.13. The van der Waals surface area contributed by atoms with Gasteiger partial charge in [0.05, 0.1) is 6.61 Å². The van der Waals surface area contributed by atoms with E-state index in [9.17, 15) is 0 Å². The Bertz CT molecular complexity index is 385. The van der Waals surface area contributed by atoms with Gasteiger partial charge in [0.25, 0.3) is 0 Å². The molecule has 0 spiro atoms. The molecule has 0 amide bonds. The molecule has 0 saturated carbocycles. The Hall–Kier alpha value is -0.950. The zero-order valence-electron chi connectivity index (χ0n) is 11.6. The van der Waals surface area contributed by atoms with Crippen LogP contribution in [0.2, 0.25) is 5.02 Å². The van der Waals surface area contributed by atoms with Gasteiger partial charge < -0.3 is 4.74 Å². The van der Waals surface area contributed by atoms with Gasteiger partial charge in [-0.3, -0.25) is 0 Å². The summed E-state index contributed by atoms with van der Waals surface area (Å²) in [6.07, 6.45) is 7.54. The molecule has 1 rings (SSSR count). The third kappa shape index (κ3) is 5.14. The van der Waals surface area contributed by atoms with E-state index in [1.165, 1.54) is 5.56 Å². The molecule has 0 aromatic heterocycles. The maximum absolute atomic E-state index is 6.07.